The molecule has 1 N–H and O–H groups in total. The maximum Gasteiger partial charge on any atom is 0.317 e. The van der Waals surface area contributed by atoms with Crippen molar-refractivity contribution in [3.05, 3.63) is 59.3 Å². The number of hydrogen-bond acceptors (Lipinski definition) is 5. The first kappa shape index (κ1) is 22.1. The van der Waals surface area contributed by atoms with Crippen molar-refractivity contribution in [1.82, 2.24) is 20.1 Å². The highest BCUT2D eigenvalue weighted by Crippen LogP contribution is 2.18. The topological polar surface area (TPSA) is 78.0 Å². The number of nitrogens with zero attached hydrogens (tertiary/aromatic N) is 4. The first-order chi connectivity index (χ1) is 15.6. The molecule has 2 saturated heterocycles. The molecule has 0 bridgehead atoms. The highest BCUT2D eigenvalue weighted by atomic mass is 16.5. The van der Waals surface area contributed by atoms with E-state index in [-0.39, 0.29) is 11.9 Å². The normalized spacial score (nSPS) is 16.7. The second kappa shape index (κ2) is 10.5. The van der Waals surface area contributed by atoms with E-state index in [1.165, 1.54) is 5.56 Å². The first-order valence-corrected chi connectivity index (χ1v) is 11.2. The Bertz CT molecular complexity index is 919. The van der Waals surface area contributed by atoms with E-state index < -0.39 is 0 Å². The van der Waals surface area contributed by atoms with Crippen LogP contribution in [0.4, 0.5) is 10.6 Å². The van der Waals surface area contributed by atoms with Gasteiger partial charge in [0.2, 0.25) is 5.91 Å². The summed E-state index contributed by atoms with van der Waals surface area (Å²) in [6.07, 6.45) is 2.18. The fraction of sp³-hybridized carbons (Fsp3) is 0.458. The van der Waals surface area contributed by atoms with Crippen LogP contribution < -0.4 is 10.2 Å². The molecule has 0 radical (unpaired) electrons. The lowest BCUT2D eigenvalue weighted by Crippen LogP contribution is -2.53. The van der Waals surface area contributed by atoms with Crippen LogP contribution in [0.15, 0.2) is 42.6 Å². The Balaban J connectivity index is 1.25. The Hall–Kier alpha value is -3.13. The van der Waals surface area contributed by atoms with E-state index >= 15 is 0 Å². The van der Waals surface area contributed by atoms with Gasteiger partial charge in [0, 0.05) is 57.6 Å². The maximum atomic E-state index is 12.7. The molecule has 0 unspecified atom stereocenters. The number of hydrogen-bond donors (Lipinski definition) is 1. The van der Waals surface area contributed by atoms with Crippen molar-refractivity contribution in [2.75, 3.05) is 57.4 Å². The molecule has 4 rings (SSSR count). The third-order valence-corrected chi connectivity index (χ3v) is 6.00. The fourth-order valence-corrected chi connectivity index (χ4v) is 4.06. The minimum absolute atomic E-state index is 0.104. The summed E-state index contributed by atoms with van der Waals surface area (Å²) in [5, 5.41) is 3.02. The zero-order chi connectivity index (χ0) is 22.3. The van der Waals surface area contributed by atoms with Gasteiger partial charge in [0.1, 0.15) is 5.82 Å². The molecular weight excluding hydrogens is 406 g/mol. The van der Waals surface area contributed by atoms with Gasteiger partial charge in [-0.3, -0.25) is 4.79 Å². The molecule has 2 aliphatic rings. The number of ether oxygens (including phenoxy) is 1. The van der Waals surface area contributed by atoms with E-state index in [0.29, 0.717) is 52.4 Å². The average molecular weight is 438 g/mol. The summed E-state index contributed by atoms with van der Waals surface area (Å²) < 4.78 is 5.43. The number of morpholine rings is 1. The summed E-state index contributed by atoms with van der Waals surface area (Å²) >= 11 is 0. The van der Waals surface area contributed by atoms with Crippen LogP contribution in [0.1, 0.15) is 16.7 Å². The lowest BCUT2D eigenvalue weighted by molar-refractivity contribution is -0.131. The van der Waals surface area contributed by atoms with Crippen LogP contribution in [0.3, 0.4) is 0 Å². The van der Waals surface area contributed by atoms with E-state index in [1.54, 1.807) is 11.1 Å². The number of benzene rings is 1. The number of carbonyl (C=O) groups excluding carboxylic acids is 2. The number of rotatable bonds is 5. The zero-order valence-corrected chi connectivity index (χ0v) is 18.6. The number of piperazine rings is 1. The number of nitrogens with one attached hydrogen (secondary N) is 1. The molecule has 0 saturated carbocycles. The van der Waals surface area contributed by atoms with Crippen LogP contribution in [-0.2, 0) is 22.5 Å². The van der Waals surface area contributed by atoms with Crippen molar-refractivity contribution in [3.8, 4) is 0 Å². The van der Waals surface area contributed by atoms with Crippen LogP contribution in [0.25, 0.3) is 0 Å². The van der Waals surface area contributed by atoms with Crippen LogP contribution in [0.2, 0.25) is 0 Å². The van der Waals surface area contributed by atoms with E-state index in [9.17, 15) is 9.59 Å². The summed E-state index contributed by atoms with van der Waals surface area (Å²) in [5.41, 5.74) is 3.20. The number of amides is 3. The molecule has 0 atom stereocenters. The van der Waals surface area contributed by atoms with E-state index in [0.717, 1.165) is 30.0 Å². The van der Waals surface area contributed by atoms with E-state index in [4.69, 9.17) is 4.74 Å². The largest absolute Gasteiger partial charge is 0.378 e. The second-order valence-corrected chi connectivity index (χ2v) is 8.27. The molecule has 2 aliphatic heterocycles. The molecular formula is C24H31N5O3. The molecule has 3 heterocycles. The quantitative estimate of drug-likeness (QED) is 0.772. The van der Waals surface area contributed by atoms with Crippen molar-refractivity contribution in [2.45, 2.75) is 19.9 Å². The Kier molecular flexibility index (Phi) is 7.21. The Morgan fingerprint density at radius 2 is 1.66 bits per heavy atom. The van der Waals surface area contributed by atoms with Crippen LogP contribution in [-0.4, -0.2) is 79.2 Å². The maximum absolute atomic E-state index is 12.7. The number of aryl methyl sites for hydroxylation is 1. The van der Waals surface area contributed by atoms with Gasteiger partial charge >= 0.3 is 6.03 Å². The molecule has 1 aromatic carbocycles. The van der Waals surface area contributed by atoms with Gasteiger partial charge in [-0.1, -0.05) is 35.9 Å². The van der Waals surface area contributed by atoms with Gasteiger partial charge in [-0.25, -0.2) is 9.78 Å². The van der Waals surface area contributed by atoms with E-state index in [1.807, 2.05) is 48.2 Å². The highest BCUT2D eigenvalue weighted by molar-refractivity contribution is 5.79. The van der Waals surface area contributed by atoms with Gasteiger partial charge in [-0.15, -0.1) is 0 Å². The second-order valence-electron chi connectivity index (χ2n) is 8.27. The van der Waals surface area contributed by atoms with Crippen LogP contribution >= 0.6 is 0 Å². The van der Waals surface area contributed by atoms with Gasteiger partial charge in [-0.2, -0.15) is 0 Å². The summed E-state index contributed by atoms with van der Waals surface area (Å²) in [6.45, 7) is 7.63. The molecule has 0 spiro atoms. The third-order valence-electron chi connectivity index (χ3n) is 6.00. The minimum atomic E-state index is -0.104. The molecule has 2 fully saturated rings. The van der Waals surface area contributed by atoms with Crippen LogP contribution in [0, 0.1) is 6.92 Å². The predicted octanol–water partition coefficient (Wildman–Crippen LogP) is 1.82. The van der Waals surface area contributed by atoms with Crippen molar-refractivity contribution < 1.29 is 14.3 Å². The number of carbonyl (C=O) groups is 2. The van der Waals surface area contributed by atoms with Crippen molar-refractivity contribution >= 4 is 17.8 Å². The van der Waals surface area contributed by atoms with E-state index in [2.05, 4.69) is 15.2 Å². The summed E-state index contributed by atoms with van der Waals surface area (Å²) in [6, 6.07) is 11.8. The highest BCUT2D eigenvalue weighted by Gasteiger charge is 2.24. The first-order valence-electron chi connectivity index (χ1n) is 11.2. The number of pyridine rings is 1. The summed E-state index contributed by atoms with van der Waals surface area (Å²) in [4.78, 5) is 35.7. The van der Waals surface area contributed by atoms with Crippen molar-refractivity contribution in [3.63, 3.8) is 0 Å². The van der Waals surface area contributed by atoms with Gasteiger partial charge in [0.15, 0.2) is 0 Å². The van der Waals surface area contributed by atoms with Gasteiger partial charge in [0.05, 0.1) is 19.6 Å². The molecule has 32 heavy (non-hydrogen) atoms. The third kappa shape index (κ3) is 5.56. The SMILES string of the molecule is Cc1ccc(CC(=O)N2CCN(C(=O)NCc3cccnc3N3CCOCC3)CC2)cc1. The summed E-state index contributed by atoms with van der Waals surface area (Å²) in [5.74, 6) is 1.02. The molecule has 3 amide bonds. The molecule has 170 valence electrons. The minimum Gasteiger partial charge on any atom is -0.378 e. The Morgan fingerprint density at radius 3 is 2.38 bits per heavy atom. The van der Waals surface area contributed by atoms with Crippen molar-refractivity contribution in [2.24, 2.45) is 0 Å². The number of anilines is 1. The number of aromatic nitrogens is 1. The van der Waals surface area contributed by atoms with Gasteiger partial charge in [-0.05, 0) is 18.6 Å². The lowest BCUT2D eigenvalue weighted by atomic mass is 10.1. The standard InChI is InChI=1S/C24H31N5O3/c1-19-4-6-20(7-5-19)17-22(30)27-9-11-29(12-10-27)24(31)26-18-21-3-2-8-25-23(21)28-13-15-32-16-14-28/h2-8H,9-18H2,1H3,(H,26,31). The Morgan fingerprint density at radius 1 is 0.969 bits per heavy atom. The molecule has 1 aromatic heterocycles. The lowest BCUT2D eigenvalue weighted by Gasteiger charge is -2.35. The predicted molar refractivity (Wildman–Crippen MR) is 123 cm³/mol. The Labute approximate surface area is 189 Å². The molecule has 8 heteroatoms. The zero-order valence-electron chi connectivity index (χ0n) is 18.6. The molecule has 8 nitrogen and oxygen atoms in total. The number of urea groups is 1. The van der Waals surface area contributed by atoms with Crippen LogP contribution in [0.5, 0.6) is 0 Å². The monoisotopic (exact) mass is 437 g/mol. The van der Waals surface area contributed by atoms with Gasteiger partial charge in [0.25, 0.3) is 0 Å². The molecule has 2 aromatic rings. The molecule has 0 aliphatic carbocycles. The van der Waals surface area contributed by atoms with Crippen molar-refractivity contribution in [1.29, 1.82) is 0 Å². The summed E-state index contributed by atoms with van der Waals surface area (Å²) in [7, 11) is 0. The van der Waals surface area contributed by atoms with Gasteiger partial charge < -0.3 is 24.8 Å². The fourth-order valence-electron chi connectivity index (χ4n) is 4.06. The smallest absolute Gasteiger partial charge is 0.317 e. The average Bonchev–Trinajstić information content (AvgIpc) is 2.85.